The van der Waals surface area contributed by atoms with Gasteiger partial charge in [0.05, 0.1) is 32.2 Å². The topological polar surface area (TPSA) is 100 Å². The number of carbonyl (C=O) groups is 4. The summed E-state index contributed by atoms with van der Waals surface area (Å²) in [5.41, 5.74) is 0.641. The summed E-state index contributed by atoms with van der Waals surface area (Å²) in [5.74, 6) is -0.921. The fourth-order valence-corrected chi connectivity index (χ4v) is 5.54. The van der Waals surface area contributed by atoms with Crippen molar-refractivity contribution < 1.29 is 23.9 Å². The zero-order valence-electron chi connectivity index (χ0n) is 20.9. The van der Waals surface area contributed by atoms with Crippen LogP contribution in [-0.4, -0.2) is 94.7 Å². The summed E-state index contributed by atoms with van der Waals surface area (Å²) in [5, 5.41) is 0. The molecule has 0 radical (unpaired) electrons. The lowest BCUT2D eigenvalue weighted by molar-refractivity contribution is -0.145. The van der Waals surface area contributed by atoms with E-state index in [2.05, 4.69) is 25.8 Å². The van der Waals surface area contributed by atoms with Crippen molar-refractivity contribution in [1.29, 1.82) is 0 Å². The Hall–Kier alpha value is -2.81. The van der Waals surface area contributed by atoms with Crippen LogP contribution in [0, 0.1) is 11.3 Å². The van der Waals surface area contributed by atoms with Gasteiger partial charge in [0.15, 0.2) is 5.78 Å². The first-order chi connectivity index (χ1) is 16.6. The molecule has 3 aliphatic rings. The predicted molar refractivity (Wildman–Crippen MR) is 128 cm³/mol. The molecule has 3 fully saturated rings. The molecule has 3 saturated heterocycles. The van der Waals surface area contributed by atoms with Gasteiger partial charge in [0.25, 0.3) is 0 Å². The van der Waals surface area contributed by atoms with Gasteiger partial charge in [0.1, 0.15) is 6.04 Å². The molecule has 3 unspecified atom stereocenters. The highest BCUT2D eigenvalue weighted by molar-refractivity contribution is 5.98. The number of ketones is 1. The number of aromatic nitrogens is 1. The number of pyridine rings is 1. The summed E-state index contributed by atoms with van der Waals surface area (Å²) >= 11 is 0. The molecule has 35 heavy (non-hydrogen) atoms. The molecule has 0 aliphatic carbocycles. The molecule has 9 nitrogen and oxygen atoms in total. The quantitative estimate of drug-likeness (QED) is 0.604. The van der Waals surface area contributed by atoms with E-state index in [-0.39, 0.29) is 54.3 Å². The Kier molecular flexibility index (Phi) is 7.54. The number of amides is 3. The average molecular weight is 485 g/mol. The minimum Gasteiger partial charge on any atom is -0.378 e. The highest BCUT2D eigenvalue weighted by Crippen LogP contribution is 2.35. The van der Waals surface area contributed by atoms with E-state index in [1.165, 1.54) is 0 Å². The largest absolute Gasteiger partial charge is 0.378 e. The average Bonchev–Trinajstić information content (AvgIpc) is 3.40. The van der Waals surface area contributed by atoms with Gasteiger partial charge in [0, 0.05) is 44.4 Å². The van der Waals surface area contributed by atoms with Crippen molar-refractivity contribution in [2.45, 2.75) is 58.5 Å². The van der Waals surface area contributed by atoms with E-state index < -0.39 is 12.0 Å². The Morgan fingerprint density at radius 3 is 2.51 bits per heavy atom. The number of morpholine rings is 1. The van der Waals surface area contributed by atoms with Crippen LogP contribution in [0.1, 0.15) is 45.6 Å². The van der Waals surface area contributed by atoms with E-state index in [0.717, 1.165) is 5.56 Å². The SMILES string of the molecule is CC(C)(C)CC(CC(=O)N1CCOCC1)C(=O)N1CCC2C1C(=O)CN2C(=O)Cc1cccnc1. The van der Waals surface area contributed by atoms with Crippen LogP contribution in [0.25, 0.3) is 0 Å². The Labute approximate surface area is 206 Å². The van der Waals surface area contributed by atoms with Gasteiger partial charge in [-0.2, -0.15) is 0 Å². The first-order valence-electron chi connectivity index (χ1n) is 12.5. The van der Waals surface area contributed by atoms with Crippen molar-refractivity contribution in [3.05, 3.63) is 30.1 Å². The van der Waals surface area contributed by atoms with Crippen LogP contribution in [0.4, 0.5) is 0 Å². The monoisotopic (exact) mass is 484 g/mol. The zero-order valence-corrected chi connectivity index (χ0v) is 20.9. The van der Waals surface area contributed by atoms with Crippen LogP contribution in [-0.2, 0) is 30.3 Å². The van der Waals surface area contributed by atoms with Crippen molar-refractivity contribution in [1.82, 2.24) is 19.7 Å². The molecule has 4 rings (SSSR count). The summed E-state index contributed by atoms with van der Waals surface area (Å²) in [4.78, 5) is 61.9. The Morgan fingerprint density at radius 1 is 1.11 bits per heavy atom. The second-order valence-corrected chi connectivity index (χ2v) is 11.0. The lowest BCUT2D eigenvalue weighted by Crippen LogP contribution is -2.48. The number of hydrogen-bond donors (Lipinski definition) is 0. The fraction of sp³-hybridized carbons (Fsp3) is 0.654. The lowest BCUT2D eigenvalue weighted by atomic mass is 9.82. The highest BCUT2D eigenvalue weighted by atomic mass is 16.5. The molecule has 0 N–H and O–H groups in total. The number of Topliss-reactive ketones (excluding diaryl/α,β-unsaturated/α-hetero) is 1. The minimum absolute atomic E-state index is 0.0227. The normalized spacial score (nSPS) is 23.4. The van der Waals surface area contributed by atoms with Gasteiger partial charge in [0.2, 0.25) is 17.7 Å². The molecule has 1 aromatic heterocycles. The number of ether oxygens (including phenoxy) is 1. The van der Waals surface area contributed by atoms with E-state index in [0.29, 0.717) is 45.7 Å². The third-order valence-electron chi connectivity index (χ3n) is 7.10. The van der Waals surface area contributed by atoms with E-state index in [4.69, 9.17) is 4.74 Å². The van der Waals surface area contributed by atoms with E-state index >= 15 is 0 Å². The first-order valence-corrected chi connectivity index (χ1v) is 12.5. The van der Waals surface area contributed by atoms with E-state index in [9.17, 15) is 19.2 Å². The van der Waals surface area contributed by atoms with Gasteiger partial charge in [-0.15, -0.1) is 0 Å². The smallest absolute Gasteiger partial charge is 0.227 e. The van der Waals surface area contributed by atoms with Gasteiger partial charge < -0.3 is 19.4 Å². The second-order valence-electron chi connectivity index (χ2n) is 11.0. The van der Waals surface area contributed by atoms with Crippen LogP contribution >= 0.6 is 0 Å². The molecular formula is C26H36N4O5. The van der Waals surface area contributed by atoms with Crippen molar-refractivity contribution in [3.63, 3.8) is 0 Å². The highest BCUT2D eigenvalue weighted by Gasteiger charge is 2.52. The molecule has 0 bridgehead atoms. The molecule has 3 aliphatic heterocycles. The Morgan fingerprint density at radius 2 is 1.86 bits per heavy atom. The molecule has 3 amide bonds. The maximum absolute atomic E-state index is 13.8. The van der Waals surface area contributed by atoms with Crippen molar-refractivity contribution in [3.8, 4) is 0 Å². The van der Waals surface area contributed by atoms with Crippen LogP contribution in [0.2, 0.25) is 0 Å². The second kappa shape index (κ2) is 10.4. The van der Waals surface area contributed by atoms with Crippen LogP contribution in [0.3, 0.4) is 0 Å². The number of likely N-dealkylation sites (tertiary alicyclic amines) is 2. The zero-order chi connectivity index (χ0) is 25.2. The van der Waals surface area contributed by atoms with E-state index in [1.54, 1.807) is 33.2 Å². The van der Waals surface area contributed by atoms with Crippen LogP contribution in [0.15, 0.2) is 24.5 Å². The standard InChI is InChI=1S/C26H36N4O5/c1-26(2,3)15-19(14-22(32)28-9-11-35-12-10-28)25(34)29-8-6-20-24(29)21(31)17-30(20)23(33)13-18-5-4-7-27-16-18/h4-5,7,16,19-20,24H,6,8-15,17H2,1-3H3. The Bertz CT molecular complexity index is 954. The minimum atomic E-state index is -0.624. The molecule has 3 atom stereocenters. The number of nitrogens with zero attached hydrogens (tertiary/aromatic N) is 4. The van der Waals surface area contributed by atoms with E-state index in [1.807, 2.05) is 6.07 Å². The summed E-state index contributed by atoms with van der Waals surface area (Å²) in [7, 11) is 0. The first kappa shape index (κ1) is 25.3. The third-order valence-corrected chi connectivity index (χ3v) is 7.10. The molecular weight excluding hydrogens is 448 g/mol. The van der Waals surface area contributed by atoms with Crippen LogP contribution in [0.5, 0.6) is 0 Å². The predicted octanol–water partition coefficient (Wildman–Crippen LogP) is 1.31. The van der Waals surface area contributed by atoms with Gasteiger partial charge in [-0.05, 0) is 29.9 Å². The molecule has 0 saturated carbocycles. The van der Waals surface area contributed by atoms with Gasteiger partial charge in [-0.1, -0.05) is 26.8 Å². The van der Waals surface area contributed by atoms with Crippen molar-refractivity contribution in [2.75, 3.05) is 39.4 Å². The van der Waals surface area contributed by atoms with Gasteiger partial charge >= 0.3 is 0 Å². The van der Waals surface area contributed by atoms with Crippen LogP contribution < -0.4 is 0 Å². The number of rotatable bonds is 6. The number of hydrogen-bond acceptors (Lipinski definition) is 6. The third kappa shape index (κ3) is 5.89. The summed E-state index contributed by atoms with van der Waals surface area (Å²) in [6.07, 6.45) is 4.73. The molecule has 1 aromatic rings. The molecule has 0 aromatic carbocycles. The molecule has 190 valence electrons. The summed E-state index contributed by atoms with van der Waals surface area (Å²) < 4.78 is 5.35. The molecule has 9 heteroatoms. The molecule has 0 spiro atoms. The molecule has 4 heterocycles. The Balaban J connectivity index is 1.46. The van der Waals surface area contributed by atoms with Crippen molar-refractivity contribution >= 4 is 23.5 Å². The fourth-order valence-electron chi connectivity index (χ4n) is 5.54. The number of carbonyl (C=O) groups excluding carboxylic acids is 4. The van der Waals surface area contributed by atoms with Crippen molar-refractivity contribution in [2.24, 2.45) is 11.3 Å². The van der Waals surface area contributed by atoms with Gasteiger partial charge in [-0.3, -0.25) is 24.2 Å². The van der Waals surface area contributed by atoms with Gasteiger partial charge in [-0.25, -0.2) is 0 Å². The lowest BCUT2D eigenvalue weighted by Gasteiger charge is -2.33. The maximum atomic E-state index is 13.8. The number of fused-ring (bicyclic) bond motifs is 1. The summed E-state index contributed by atoms with van der Waals surface area (Å²) in [6, 6.07) is 2.69. The maximum Gasteiger partial charge on any atom is 0.227 e. The summed E-state index contributed by atoms with van der Waals surface area (Å²) in [6.45, 7) is 8.70.